The van der Waals surface area contributed by atoms with Crippen molar-refractivity contribution in [2.75, 3.05) is 5.32 Å². The van der Waals surface area contributed by atoms with Crippen LogP contribution in [-0.2, 0) is 11.2 Å². The zero-order valence-electron chi connectivity index (χ0n) is 16.8. The highest BCUT2D eigenvalue weighted by Crippen LogP contribution is 2.31. The van der Waals surface area contributed by atoms with Crippen LogP contribution in [0, 0.1) is 0 Å². The molecule has 0 aliphatic carbocycles. The van der Waals surface area contributed by atoms with Crippen LogP contribution in [-0.4, -0.2) is 17.2 Å². The van der Waals surface area contributed by atoms with Crippen molar-refractivity contribution in [3.63, 3.8) is 0 Å². The van der Waals surface area contributed by atoms with Crippen LogP contribution in [0.4, 0.5) is 5.69 Å². The SMILES string of the molecule is CCc1ccc(N[C@@H]2NC(=O)/C(=C/c3ccc(-c4ccc(C(C)=O)cc4)o3)S2)cc1. The number of benzene rings is 2. The van der Waals surface area contributed by atoms with Gasteiger partial charge in [0.25, 0.3) is 5.91 Å². The predicted octanol–water partition coefficient (Wildman–Crippen LogP) is 5.31. The Balaban J connectivity index is 1.44. The van der Waals surface area contributed by atoms with E-state index in [9.17, 15) is 9.59 Å². The Labute approximate surface area is 179 Å². The summed E-state index contributed by atoms with van der Waals surface area (Å²) in [5.74, 6) is 1.18. The third-order valence-electron chi connectivity index (χ3n) is 4.87. The number of ketones is 1. The van der Waals surface area contributed by atoms with Crippen molar-refractivity contribution in [2.24, 2.45) is 0 Å². The molecule has 0 radical (unpaired) electrons. The van der Waals surface area contributed by atoms with Crippen molar-refractivity contribution >= 4 is 35.2 Å². The molecule has 1 aliphatic heterocycles. The van der Waals surface area contributed by atoms with Crippen LogP contribution in [0.5, 0.6) is 0 Å². The summed E-state index contributed by atoms with van der Waals surface area (Å²) in [6.07, 6.45) is 2.74. The first-order valence-electron chi connectivity index (χ1n) is 9.78. The molecular formula is C24H22N2O3S. The van der Waals surface area contributed by atoms with Gasteiger partial charge in [-0.25, -0.2) is 0 Å². The summed E-state index contributed by atoms with van der Waals surface area (Å²) < 4.78 is 5.88. The molecule has 30 heavy (non-hydrogen) atoms. The summed E-state index contributed by atoms with van der Waals surface area (Å²) in [5, 5.41) is 6.24. The minimum Gasteiger partial charge on any atom is -0.457 e. The average molecular weight is 419 g/mol. The lowest BCUT2D eigenvalue weighted by molar-refractivity contribution is -0.116. The predicted molar refractivity (Wildman–Crippen MR) is 121 cm³/mol. The van der Waals surface area contributed by atoms with Gasteiger partial charge >= 0.3 is 0 Å². The molecule has 5 nitrogen and oxygen atoms in total. The molecule has 1 aliphatic rings. The maximum absolute atomic E-state index is 12.3. The van der Waals surface area contributed by atoms with Crippen LogP contribution in [0.1, 0.15) is 35.5 Å². The lowest BCUT2D eigenvalue weighted by Gasteiger charge is -2.12. The highest BCUT2D eigenvalue weighted by molar-refractivity contribution is 8.05. The molecule has 1 atom stereocenters. The minimum atomic E-state index is -0.232. The summed E-state index contributed by atoms with van der Waals surface area (Å²) in [5.41, 5.74) is 3.54. The Morgan fingerprint density at radius 3 is 2.50 bits per heavy atom. The van der Waals surface area contributed by atoms with Crippen molar-refractivity contribution < 1.29 is 14.0 Å². The number of hydrogen-bond acceptors (Lipinski definition) is 5. The monoisotopic (exact) mass is 418 g/mol. The van der Waals surface area contributed by atoms with E-state index in [2.05, 4.69) is 29.7 Å². The molecule has 2 aromatic carbocycles. The molecule has 2 heterocycles. The second-order valence-corrected chi connectivity index (χ2v) is 8.16. The quantitative estimate of drug-likeness (QED) is 0.419. The number of rotatable bonds is 6. The van der Waals surface area contributed by atoms with Crippen LogP contribution >= 0.6 is 11.8 Å². The number of aryl methyl sites for hydroxylation is 1. The summed E-state index contributed by atoms with van der Waals surface area (Å²) in [4.78, 5) is 24.3. The molecule has 0 spiro atoms. The van der Waals surface area contributed by atoms with Gasteiger partial charge < -0.3 is 15.1 Å². The van der Waals surface area contributed by atoms with Crippen LogP contribution in [0.25, 0.3) is 17.4 Å². The molecule has 0 bridgehead atoms. The fraction of sp³-hybridized carbons (Fsp3) is 0.167. The molecule has 2 N–H and O–H groups in total. The van der Waals surface area contributed by atoms with E-state index in [0.29, 0.717) is 22.0 Å². The van der Waals surface area contributed by atoms with E-state index in [1.165, 1.54) is 17.3 Å². The van der Waals surface area contributed by atoms with Gasteiger partial charge in [0.2, 0.25) is 0 Å². The average Bonchev–Trinajstić information content (AvgIpc) is 3.35. The van der Waals surface area contributed by atoms with Gasteiger partial charge in [0.1, 0.15) is 11.5 Å². The van der Waals surface area contributed by atoms with Gasteiger partial charge in [-0.1, -0.05) is 55.1 Å². The molecule has 1 fully saturated rings. The number of furan rings is 1. The van der Waals surface area contributed by atoms with Gasteiger partial charge in [-0.2, -0.15) is 0 Å². The molecule has 0 saturated carbocycles. The molecule has 1 saturated heterocycles. The highest BCUT2D eigenvalue weighted by Gasteiger charge is 2.27. The summed E-state index contributed by atoms with van der Waals surface area (Å²) in [6.45, 7) is 3.66. The third-order valence-corrected chi connectivity index (χ3v) is 5.90. The molecule has 4 rings (SSSR count). The van der Waals surface area contributed by atoms with Gasteiger partial charge in [0, 0.05) is 22.9 Å². The zero-order valence-corrected chi connectivity index (χ0v) is 17.6. The van der Waals surface area contributed by atoms with Crippen LogP contribution in [0.3, 0.4) is 0 Å². The molecule has 1 aromatic heterocycles. The van der Waals surface area contributed by atoms with Gasteiger partial charge in [0.15, 0.2) is 11.3 Å². The Hall–Kier alpha value is -3.25. The third kappa shape index (κ3) is 4.49. The Morgan fingerprint density at radius 2 is 1.83 bits per heavy atom. The number of thioether (sulfide) groups is 1. The van der Waals surface area contributed by atoms with Crippen LogP contribution in [0.2, 0.25) is 0 Å². The zero-order chi connectivity index (χ0) is 21.1. The van der Waals surface area contributed by atoms with E-state index in [1.54, 1.807) is 25.1 Å². The smallest absolute Gasteiger partial charge is 0.260 e. The highest BCUT2D eigenvalue weighted by atomic mass is 32.2. The number of carbonyl (C=O) groups is 2. The Kier molecular flexibility index (Phi) is 5.77. The molecule has 1 amide bonds. The molecule has 0 unspecified atom stereocenters. The van der Waals surface area contributed by atoms with E-state index < -0.39 is 0 Å². The normalized spacial score (nSPS) is 17.2. The summed E-state index contributed by atoms with van der Waals surface area (Å²) >= 11 is 1.42. The maximum Gasteiger partial charge on any atom is 0.260 e. The number of hydrogen-bond donors (Lipinski definition) is 2. The Morgan fingerprint density at radius 1 is 1.10 bits per heavy atom. The van der Waals surface area contributed by atoms with Crippen LogP contribution in [0.15, 0.2) is 70.0 Å². The minimum absolute atomic E-state index is 0.0279. The van der Waals surface area contributed by atoms with E-state index in [-0.39, 0.29) is 17.2 Å². The number of Topliss-reactive ketones (excluding diaryl/α,β-unsaturated/α-hetero) is 1. The molecule has 6 heteroatoms. The lowest BCUT2D eigenvalue weighted by Crippen LogP contribution is -2.30. The van der Waals surface area contributed by atoms with E-state index >= 15 is 0 Å². The topological polar surface area (TPSA) is 71.3 Å². The fourth-order valence-electron chi connectivity index (χ4n) is 3.14. The fourth-order valence-corrected chi connectivity index (χ4v) is 4.10. The number of amides is 1. The van der Waals surface area contributed by atoms with Gasteiger partial charge in [-0.05, 0) is 43.2 Å². The molecular weight excluding hydrogens is 396 g/mol. The van der Waals surface area contributed by atoms with Crippen molar-refractivity contribution in [3.05, 3.63) is 82.5 Å². The summed E-state index contributed by atoms with van der Waals surface area (Å²) in [7, 11) is 0. The first-order valence-corrected chi connectivity index (χ1v) is 10.7. The maximum atomic E-state index is 12.3. The van der Waals surface area contributed by atoms with Crippen molar-refractivity contribution in [2.45, 2.75) is 25.8 Å². The second-order valence-electron chi connectivity index (χ2n) is 7.01. The summed E-state index contributed by atoms with van der Waals surface area (Å²) in [6, 6.07) is 19.1. The standard InChI is InChI=1S/C24H22N2O3S/c1-3-16-4-10-19(11-5-16)25-24-26-23(28)22(30-24)14-20-12-13-21(29-20)18-8-6-17(7-9-18)15(2)27/h4-14,24-25H,3H2,1-2H3,(H,26,28)/b22-14-/t24-/m1/s1. The largest absolute Gasteiger partial charge is 0.457 e. The first kappa shape index (κ1) is 20.0. The van der Waals surface area contributed by atoms with Gasteiger partial charge in [-0.15, -0.1) is 0 Å². The van der Waals surface area contributed by atoms with E-state index in [1.807, 2.05) is 36.4 Å². The number of carbonyl (C=O) groups excluding carboxylic acids is 2. The molecule has 3 aromatic rings. The van der Waals surface area contributed by atoms with Gasteiger partial charge in [-0.3, -0.25) is 9.59 Å². The van der Waals surface area contributed by atoms with Crippen molar-refractivity contribution in [1.82, 2.24) is 5.32 Å². The van der Waals surface area contributed by atoms with Crippen molar-refractivity contribution in [3.8, 4) is 11.3 Å². The second kappa shape index (κ2) is 8.63. The number of anilines is 1. The van der Waals surface area contributed by atoms with Crippen LogP contribution < -0.4 is 10.6 Å². The Bertz CT molecular complexity index is 1100. The van der Waals surface area contributed by atoms with Gasteiger partial charge in [0.05, 0.1) is 4.91 Å². The molecule has 152 valence electrons. The number of nitrogens with one attached hydrogen (secondary N) is 2. The van der Waals surface area contributed by atoms with Crippen molar-refractivity contribution in [1.29, 1.82) is 0 Å². The van der Waals surface area contributed by atoms with E-state index in [4.69, 9.17) is 4.42 Å². The first-order chi connectivity index (χ1) is 14.5. The van der Waals surface area contributed by atoms with E-state index in [0.717, 1.165) is 17.7 Å². The lowest BCUT2D eigenvalue weighted by atomic mass is 10.1.